The second-order valence-corrected chi connectivity index (χ2v) is 8.16. The topological polar surface area (TPSA) is 106 Å². The Hall–Kier alpha value is -4.46. The molecule has 0 radical (unpaired) electrons. The van der Waals surface area contributed by atoms with E-state index in [1.807, 2.05) is 26.8 Å². The molecule has 0 saturated heterocycles. The number of H-pyrrole nitrogens is 1. The number of allylic oxidation sites excluding steroid dienone is 2. The first-order chi connectivity index (χ1) is 17.4. The van der Waals surface area contributed by atoms with Gasteiger partial charge in [0.15, 0.2) is 5.75 Å². The molecule has 0 saturated carbocycles. The first kappa shape index (κ1) is 24.7. The van der Waals surface area contributed by atoms with E-state index in [1.54, 1.807) is 55.9 Å². The summed E-state index contributed by atoms with van der Waals surface area (Å²) in [5, 5.41) is 2.80. The molecule has 36 heavy (non-hydrogen) atoms. The number of methoxy groups -OCH3 is 1. The lowest BCUT2D eigenvalue weighted by molar-refractivity contribution is 0.102. The number of carbonyl (C=O) groups is 1. The highest BCUT2D eigenvalue weighted by Crippen LogP contribution is 2.29. The average molecular weight is 485 g/mol. The molecule has 1 amide bonds. The van der Waals surface area contributed by atoms with Gasteiger partial charge < -0.3 is 19.8 Å². The van der Waals surface area contributed by atoms with Gasteiger partial charge in [-0.2, -0.15) is 0 Å². The van der Waals surface area contributed by atoms with E-state index in [-0.39, 0.29) is 11.0 Å². The van der Waals surface area contributed by atoms with Crippen LogP contribution in [0.25, 0.3) is 16.6 Å². The summed E-state index contributed by atoms with van der Waals surface area (Å²) in [4.78, 5) is 37.8. The van der Waals surface area contributed by atoms with Gasteiger partial charge in [-0.3, -0.25) is 14.6 Å². The Morgan fingerprint density at radius 1 is 1.11 bits per heavy atom. The zero-order valence-corrected chi connectivity index (χ0v) is 20.7. The predicted octanol–water partition coefficient (Wildman–Crippen LogP) is 5.88. The Labute approximate surface area is 209 Å². The minimum atomic E-state index is -0.476. The van der Waals surface area contributed by atoms with Crippen LogP contribution >= 0.6 is 0 Å². The van der Waals surface area contributed by atoms with Gasteiger partial charge in [0.25, 0.3) is 5.91 Å². The van der Waals surface area contributed by atoms with Crippen molar-refractivity contribution in [2.75, 3.05) is 12.4 Å². The number of aromatic amines is 1. The maximum Gasteiger partial charge on any atom is 0.261 e. The Morgan fingerprint density at radius 3 is 2.58 bits per heavy atom. The molecule has 0 aliphatic heterocycles. The van der Waals surface area contributed by atoms with E-state index < -0.39 is 5.91 Å². The van der Waals surface area contributed by atoms with Gasteiger partial charge in [0.1, 0.15) is 22.6 Å². The molecule has 0 aliphatic carbocycles. The first-order valence-electron chi connectivity index (χ1n) is 11.7. The molecule has 4 rings (SSSR count). The molecule has 3 heterocycles. The van der Waals surface area contributed by atoms with E-state index in [0.717, 1.165) is 17.7 Å². The number of hydrogen-bond acceptors (Lipinski definition) is 6. The van der Waals surface area contributed by atoms with Gasteiger partial charge in [-0.05, 0) is 49.6 Å². The lowest BCUT2D eigenvalue weighted by Gasteiger charge is -2.12. The van der Waals surface area contributed by atoms with E-state index in [2.05, 4.69) is 20.3 Å². The minimum absolute atomic E-state index is 0.0659. The highest BCUT2D eigenvalue weighted by atomic mass is 16.5. The molecule has 3 aromatic heterocycles. The van der Waals surface area contributed by atoms with E-state index in [0.29, 0.717) is 46.0 Å². The Morgan fingerprint density at radius 2 is 1.89 bits per heavy atom. The summed E-state index contributed by atoms with van der Waals surface area (Å²) < 4.78 is 11.2. The third kappa shape index (κ3) is 5.12. The number of hydrogen-bond donors (Lipinski definition) is 2. The molecule has 8 nitrogen and oxygen atoms in total. The summed E-state index contributed by atoms with van der Waals surface area (Å²) in [6, 6.07) is 10.4. The molecule has 184 valence electrons. The van der Waals surface area contributed by atoms with Gasteiger partial charge in [-0.15, -0.1) is 0 Å². The largest absolute Gasteiger partial charge is 0.495 e. The number of amides is 1. The van der Waals surface area contributed by atoms with Crippen LogP contribution in [0.1, 0.15) is 48.3 Å². The number of anilines is 1. The summed E-state index contributed by atoms with van der Waals surface area (Å²) in [6.45, 7) is 5.86. The second kappa shape index (κ2) is 10.9. The van der Waals surface area contributed by atoms with Gasteiger partial charge in [-0.25, -0.2) is 4.98 Å². The maximum atomic E-state index is 13.1. The maximum absolute atomic E-state index is 13.1. The van der Waals surface area contributed by atoms with Crippen molar-refractivity contribution in [2.24, 2.45) is 0 Å². The number of ether oxygens (including phenoxy) is 2. The standard InChI is InChI=1S/C28H28N4O4/c1-5-7-18(6-2)25-17(3)30-16-22(27(25)33)28(34)32-19-8-10-20(11-9-19)36-24-12-13-29-23-14-21(35-4)15-31-26(23)24/h7-16H,5-6H2,1-4H3,(H,30,33)(H,32,34)/b18-7+. The zero-order valence-electron chi connectivity index (χ0n) is 20.7. The number of aromatic nitrogens is 3. The van der Waals surface area contributed by atoms with Crippen molar-refractivity contribution in [1.82, 2.24) is 15.0 Å². The number of nitrogens with one attached hydrogen (secondary N) is 2. The quantitative estimate of drug-likeness (QED) is 0.323. The number of nitrogens with zero attached hydrogens (tertiary/aromatic N) is 2. The number of carbonyl (C=O) groups excluding carboxylic acids is 1. The van der Waals surface area contributed by atoms with Crippen LogP contribution in [0.4, 0.5) is 5.69 Å². The fraction of sp³-hybridized carbons (Fsp3) is 0.214. The van der Waals surface area contributed by atoms with Crippen LogP contribution < -0.4 is 20.2 Å². The van der Waals surface area contributed by atoms with Crippen molar-refractivity contribution >= 4 is 28.2 Å². The predicted molar refractivity (Wildman–Crippen MR) is 141 cm³/mol. The lowest BCUT2D eigenvalue weighted by atomic mass is 9.98. The summed E-state index contributed by atoms with van der Waals surface area (Å²) >= 11 is 0. The molecule has 0 atom stereocenters. The van der Waals surface area contributed by atoms with Crippen LogP contribution in [-0.2, 0) is 0 Å². The van der Waals surface area contributed by atoms with Crippen molar-refractivity contribution in [1.29, 1.82) is 0 Å². The summed E-state index contributed by atoms with van der Waals surface area (Å²) in [5.41, 5.74) is 3.82. The summed E-state index contributed by atoms with van der Waals surface area (Å²) in [7, 11) is 1.57. The van der Waals surface area contributed by atoms with Crippen LogP contribution in [0.2, 0.25) is 0 Å². The van der Waals surface area contributed by atoms with E-state index in [4.69, 9.17) is 9.47 Å². The van der Waals surface area contributed by atoms with Gasteiger partial charge in [-0.1, -0.05) is 19.9 Å². The van der Waals surface area contributed by atoms with E-state index in [1.165, 1.54) is 6.20 Å². The number of benzene rings is 1. The van der Waals surface area contributed by atoms with Crippen molar-refractivity contribution in [3.63, 3.8) is 0 Å². The molecule has 0 unspecified atom stereocenters. The van der Waals surface area contributed by atoms with Crippen molar-refractivity contribution in [2.45, 2.75) is 33.6 Å². The molecule has 0 spiro atoms. The lowest BCUT2D eigenvalue weighted by Crippen LogP contribution is -2.25. The molecular weight excluding hydrogens is 456 g/mol. The van der Waals surface area contributed by atoms with Gasteiger partial charge in [0, 0.05) is 41.5 Å². The smallest absolute Gasteiger partial charge is 0.261 e. The molecular formula is C28H28N4O4. The SMILES string of the molecule is CC/C=C(\CC)c1c(C)[nH]cc(C(=O)Nc2ccc(Oc3ccnc4cc(OC)cnc34)cc2)c1=O. The van der Waals surface area contributed by atoms with Crippen LogP contribution in [0.5, 0.6) is 17.2 Å². The summed E-state index contributed by atoms with van der Waals surface area (Å²) in [5.74, 6) is 1.24. The first-order valence-corrected chi connectivity index (χ1v) is 11.7. The third-order valence-corrected chi connectivity index (χ3v) is 5.77. The Kier molecular flexibility index (Phi) is 7.44. The van der Waals surface area contributed by atoms with Gasteiger partial charge in [0.05, 0.1) is 18.8 Å². The average Bonchev–Trinajstić information content (AvgIpc) is 2.89. The molecule has 4 aromatic rings. The number of aryl methyl sites for hydroxylation is 1. The molecule has 8 heteroatoms. The summed E-state index contributed by atoms with van der Waals surface area (Å²) in [6.07, 6.45) is 8.25. The minimum Gasteiger partial charge on any atom is -0.495 e. The molecule has 2 N–H and O–H groups in total. The van der Waals surface area contributed by atoms with Crippen molar-refractivity contribution < 1.29 is 14.3 Å². The highest BCUT2D eigenvalue weighted by molar-refractivity contribution is 6.04. The van der Waals surface area contributed by atoms with Crippen LogP contribution in [0.15, 0.2) is 65.9 Å². The number of pyridine rings is 3. The van der Waals surface area contributed by atoms with Crippen molar-refractivity contribution in [3.8, 4) is 17.2 Å². The highest BCUT2D eigenvalue weighted by Gasteiger charge is 2.17. The monoisotopic (exact) mass is 484 g/mol. The van der Waals surface area contributed by atoms with Gasteiger partial charge in [0.2, 0.25) is 5.43 Å². The van der Waals surface area contributed by atoms with Gasteiger partial charge >= 0.3 is 0 Å². The fourth-order valence-corrected chi connectivity index (χ4v) is 3.96. The molecule has 0 aliphatic rings. The number of rotatable bonds is 8. The second-order valence-electron chi connectivity index (χ2n) is 8.16. The van der Waals surface area contributed by atoms with Crippen LogP contribution in [-0.4, -0.2) is 28.0 Å². The molecule has 0 bridgehead atoms. The molecule has 1 aromatic carbocycles. The van der Waals surface area contributed by atoms with Crippen LogP contribution in [0, 0.1) is 6.92 Å². The van der Waals surface area contributed by atoms with E-state index in [9.17, 15) is 9.59 Å². The normalized spacial score (nSPS) is 11.4. The van der Waals surface area contributed by atoms with Crippen molar-refractivity contribution in [3.05, 3.63) is 88.1 Å². The molecule has 0 fully saturated rings. The zero-order chi connectivity index (χ0) is 25.7. The fourth-order valence-electron chi connectivity index (χ4n) is 3.96. The van der Waals surface area contributed by atoms with E-state index >= 15 is 0 Å². The third-order valence-electron chi connectivity index (χ3n) is 5.77. The Balaban J connectivity index is 1.53. The number of fused-ring (bicyclic) bond motifs is 1. The van der Waals surface area contributed by atoms with Crippen LogP contribution in [0.3, 0.4) is 0 Å². The Bertz CT molecular complexity index is 1490.